The van der Waals surface area contributed by atoms with Gasteiger partial charge in [-0.3, -0.25) is 4.79 Å². The molecule has 0 fully saturated rings. The van der Waals surface area contributed by atoms with Crippen LogP contribution >= 0.6 is 0 Å². The van der Waals surface area contributed by atoms with Gasteiger partial charge in [-0.05, 0) is 56.4 Å². The van der Waals surface area contributed by atoms with Crippen LogP contribution in [0.15, 0.2) is 46.9 Å². The number of amides is 1. The van der Waals surface area contributed by atoms with Crippen LogP contribution in [-0.4, -0.2) is 13.0 Å². The van der Waals surface area contributed by atoms with E-state index in [0.717, 1.165) is 57.7 Å². The number of furan rings is 1. The normalized spacial score (nSPS) is 14.0. The highest BCUT2D eigenvalue weighted by atomic mass is 16.5. The van der Waals surface area contributed by atoms with Crippen LogP contribution in [0.1, 0.15) is 42.2 Å². The standard InChI is InChI=1S/C24H25NO3/c1-15-8-4-6-10-20(15)25-24(26)12-16(2)18-13-19-17-9-5-7-11-21(17)28-23(19)14-22(18)27-3/h4,6,8,10,12-14H,5,7,9,11H2,1-3H3,(H,25,26)/b16-12+. The van der Waals surface area contributed by atoms with Crippen LogP contribution in [0, 0.1) is 6.92 Å². The van der Waals surface area contributed by atoms with Gasteiger partial charge in [-0.1, -0.05) is 18.2 Å². The average molecular weight is 375 g/mol. The Hall–Kier alpha value is -3.01. The molecule has 1 aliphatic rings. The monoisotopic (exact) mass is 375 g/mol. The van der Waals surface area contributed by atoms with Crippen molar-refractivity contribution in [3.05, 3.63) is 64.9 Å². The van der Waals surface area contributed by atoms with Crippen molar-refractivity contribution < 1.29 is 13.9 Å². The second kappa shape index (κ2) is 7.55. The Morgan fingerprint density at radius 3 is 2.75 bits per heavy atom. The zero-order chi connectivity index (χ0) is 19.7. The topological polar surface area (TPSA) is 51.5 Å². The first kappa shape index (κ1) is 18.4. The third-order valence-corrected chi connectivity index (χ3v) is 5.45. The molecule has 4 heteroatoms. The maximum Gasteiger partial charge on any atom is 0.248 e. The Kier molecular flexibility index (Phi) is 4.95. The minimum absolute atomic E-state index is 0.150. The molecule has 0 aliphatic heterocycles. The second-order valence-corrected chi connectivity index (χ2v) is 7.39. The third-order valence-electron chi connectivity index (χ3n) is 5.45. The van der Waals surface area contributed by atoms with E-state index in [4.69, 9.17) is 9.15 Å². The number of rotatable bonds is 4. The van der Waals surface area contributed by atoms with E-state index in [1.165, 1.54) is 18.4 Å². The minimum atomic E-state index is -0.150. The van der Waals surface area contributed by atoms with Crippen LogP contribution in [0.3, 0.4) is 0 Å². The molecule has 28 heavy (non-hydrogen) atoms. The molecule has 0 bridgehead atoms. The van der Waals surface area contributed by atoms with E-state index in [1.807, 2.05) is 44.2 Å². The Bertz CT molecular complexity index is 1070. The molecule has 1 N–H and O–H groups in total. The predicted molar refractivity (Wildman–Crippen MR) is 113 cm³/mol. The lowest BCUT2D eigenvalue weighted by Crippen LogP contribution is -2.09. The third kappa shape index (κ3) is 3.42. The van der Waals surface area contributed by atoms with Crippen molar-refractivity contribution in [3.63, 3.8) is 0 Å². The van der Waals surface area contributed by atoms with Gasteiger partial charge in [0.15, 0.2) is 0 Å². The van der Waals surface area contributed by atoms with Gasteiger partial charge < -0.3 is 14.5 Å². The molecule has 0 saturated carbocycles. The molecule has 0 unspecified atom stereocenters. The Morgan fingerprint density at radius 2 is 1.96 bits per heavy atom. The number of fused-ring (bicyclic) bond motifs is 3. The first-order valence-electron chi connectivity index (χ1n) is 9.74. The lowest BCUT2D eigenvalue weighted by molar-refractivity contribution is -0.111. The Morgan fingerprint density at radius 1 is 1.18 bits per heavy atom. The van der Waals surface area contributed by atoms with Gasteiger partial charge in [0, 0.05) is 40.8 Å². The van der Waals surface area contributed by atoms with E-state index >= 15 is 0 Å². The molecule has 1 heterocycles. The number of carbonyl (C=O) groups excluding carboxylic acids is 1. The SMILES string of the molecule is COc1cc2oc3c(c2cc1/C(C)=C/C(=O)Nc1ccccc1C)CCCC3. The highest BCUT2D eigenvalue weighted by molar-refractivity contribution is 6.05. The van der Waals surface area contributed by atoms with Crippen molar-refractivity contribution in [3.8, 4) is 5.75 Å². The van der Waals surface area contributed by atoms with Gasteiger partial charge in [-0.2, -0.15) is 0 Å². The maximum absolute atomic E-state index is 12.5. The van der Waals surface area contributed by atoms with Crippen LogP contribution in [0.4, 0.5) is 5.69 Å². The fourth-order valence-electron chi connectivity index (χ4n) is 3.92. The van der Waals surface area contributed by atoms with Crippen molar-refractivity contribution in [1.29, 1.82) is 0 Å². The summed E-state index contributed by atoms with van der Waals surface area (Å²) in [6.45, 7) is 3.92. The predicted octanol–water partition coefficient (Wildman–Crippen LogP) is 5.67. The van der Waals surface area contributed by atoms with E-state index in [-0.39, 0.29) is 5.91 Å². The van der Waals surface area contributed by atoms with Gasteiger partial charge in [-0.25, -0.2) is 0 Å². The fourth-order valence-corrected chi connectivity index (χ4v) is 3.92. The van der Waals surface area contributed by atoms with Crippen molar-refractivity contribution in [2.75, 3.05) is 12.4 Å². The molecule has 0 atom stereocenters. The summed E-state index contributed by atoms with van der Waals surface area (Å²) in [6.07, 6.45) is 6.04. The van der Waals surface area contributed by atoms with Gasteiger partial charge in [0.05, 0.1) is 7.11 Å². The van der Waals surface area contributed by atoms with E-state index in [2.05, 4.69) is 11.4 Å². The molecular weight excluding hydrogens is 350 g/mol. The number of hydrogen-bond donors (Lipinski definition) is 1. The number of benzene rings is 2. The summed E-state index contributed by atoms with van der Waals surface area (Å²) in [7, 11) is 1.65. The molecule has 0 spiro atoms. The van der Waals surface area contributed by atoms with Crippen molar-refractivity contribution in [2.24, 2.45) is 0 Å². The molecule has 4 nitrogen and oxygen atoms in total. The molecule has 3 aromatic rings. The van der Waals surface area contributed by atoms with Crippen molar-refractivity contribution >= 4 is 28.1 Å². The molecule has 2 aromatic carbocycles. The number of hydrogen-bond acceptors (Lipinski definition) is 3. The van der Waals surface area contributed by atoms with Crippen LogP contribution in [0.25, 0.3) is 16.5 Å². The number of nitrogens with one attached hydrogen (secondary N) is 1. The quantitative estimate of drug-likeness (QED) is 0.598. The summed E-state index contributed by atoms with van der Waals surface area (Å²) in [6, 6.07) is 11.8. The number of ether oxygens (including phenoxy) is 1. The second-order valence-electron chi connectivity index (χ2n) is 7.39. The van der Waals surface area contributed by atoms with Gasteiger partial charge in [0.25, 0.3) is 0 Å². The van der Waals surface area contributed by atoms with Crippen LogP contribution in [0.2, 0.25) is 0 Å². The molecule has 1 aliphatic carbocycles. The number of para-hydroxylation sites is 1. The number of carbonyl (C=O) groups is 1. The Labute approximate surface area is 165 Å². The zero-order valence-electron chi connectivity index (χ0n) is 16.6. The summed E-state index contributed by atoms with van der Waals surface area (Å²) in [5.41, 5.74) is 5.81. The molecule has 0 radical (unpaired) electrons. The average Bonchev–Trinajstić information content (AvgIpc) is 3.06. The van der Waals surface area contributed by atoms with Crippen LogP contribution in [-0.2, 0) is 17.6 Å². The fraction of sp³-hybridized carbons (Fsp3) is 0.292. The van der Waals surface area contributed by atoms with Gasteiger partial charge in [0.2, 0.25) is 5.91 Å². The molecule has 144 valence electrons. The van der Waals surface area contributed by atoms with Crippen LogP contribution < -0.4 is 10.1 Å². The lowest BCUT2D eigenvalue weighted by Gasteiger charge is -2.11. The van der Waals surface area contributed by atoms with E-state index < -0.39 is 0 Å². The highest BCUT2D eigenvalue weighted by Gasteiger charge is 2.20. The zero-order valence-corrected chi connectivity index (χ0v) is 16.6. The van der Waals surface area contributed by atoms with Crippen molar-refractivity contribution in [1.82, 2.24) is 0 Å². The first-order chi connectivity index (χ1) is 13.6. The summed E-state index contributed by atoms with van der Waals surface area (Å²) in [5.74, 6) is 1.67. The van der Waals surface area contributed by atoms with Gasteiger partial charge in [-0.15, -0.1) is 0 Å². The lowest BCUT2D eigenvalue weighted by atomic mass is 9.94. The number of methoxy groups -OCH3 is 1. The smallest absolute Gasteiger partial charge is 0.248 e. The number of aryl methyl sites for hydroxylation is 3. The van der Waals surface area contributed by atoms with Gasteiger partial charge in [0.1, 0.15) is 17.1 Å². The van der Waals surface area contributed by atoms with E-state index in [0.29, 0.717) is 0 Å². The summed E-state index contributed by atoms with van der Waals surface area (Å²) in [4.78, 5) is 12.5. The number of anilines is 1. The molecular formula is C24H25NO3. The molecule has 1 aromatic heterocycles. The van der Waals surface area contributed by atoms with Gasteiger partial charge >= 0.3 is 0 Å². The summed E-state index contributed by atoms with van der Waals surface area (Å²) in [5, 5.41) is 4.09. The summed E-state index contributed by atoms with van der Waals surface area (Å²) < 4.78 is 11.7. The number of allylic oxidation sites excluding steroid dienone is 1. The summed E-state index contributed by atoms with van der Waals surface area (Å²) >= 11 is 0. The molecule has 0 saturated heterocycles. The van der Waals surface area contributed by atoms with Crippen LogP contribution in [0.5, 0.6) is 5.75 Å². The highest BCUT2D eigenvalue weighted by Crippen LogP contribution is 2.37. The minimum Gasteiger partial charge on any atom is -0.496 e. The largest absolute Gasteiger partial charge is 0.496 e. The maximum atomic E-state index is 12.5. The Balaban J connectivity index is 1.69. The first-order valence-corrected chi connectivity index (χ1v) is 9.74. The van der Waals surface area contributed by atoms with E-state index in [1.54, 1.807) is 13.2 Å². The molecule has 1 amide bonds. The van der Waals surface area contributed by atoms with E-state index in [9.17, 15) is 4.79 Å². The van der Waals surface area contributed by atoms with Crippen molar-refractivity contribution in [2.45, 2.75) is 39.5 Å². The molecule has 4 rings (SSSR count).